The van der Waals surface area contributed by atoms with Crippen LogP contribution in [0.2, 0.25) is 0 Å². The predicted molar refractivity (Wildman–Crippen MR) is 34.9 cm³/mol. The number of aromatic nitrogens is 1. The number of nitrogens with one attached hydrogen (secondary N) is 1. The molecule has 0 aliphatic carbocycles. The van der Waals surface area contributed by atoms with Crippen LogP contribution in [0.4, 0.5) is 0 Å². The summed E-state index contributed by atoms with van der Waals surface area (Å²) in [4.78, 5) is 2.98. The summed E-state index contributed by atoms with van der Waals surface area (Å²) >= 11 is 0. The molecule has 0 atom stereocenters. The van der Waals surface area contributed by atoms with Gasteiger partial charge in [-0.3, -0.25) is 0 Å². The van der Waals surface area contributed by atoms with E-state index >= 15 is 0 Å². The van der Waals surface area contributed by atoms with E-state index < -0.39 is 0 Å². The smallest absolute Gasteiger partial charge is 0.101 e. The maximum Gasteiger partial charge on any atom is 0.101 e. The molecule has 0 saturated carbocycles. The fraction of sp³-hybridized carbons (Fsp3) is 0.286. The standard InChI is InChI=1S/C7H8N2/c1-2-7-6(5-8)3-4-9-7/h3-4,9H,2H2,1H3. The van der Waals surface area contributed by atoms with Gasteiger partial charge >= 0.3 is 0 Å². The molecule has 0 aromatic carbocycles. The summed E-state index contributed by atoms with van der Waals surface area (Å²) in [7, 11) is 0. The van der Waals surface area contributed by atoms with Crippen LogP contribution in [0.1, 0.15) is 18.2 Å². The van der Waals surface area contributed by atoms with Crippen LogP contribution in [-0.4, -0.2) is 4.98 Å². The third-order valence-corrected chi connectivity index (χ3v) is 1.31. The van der Waals surface area contributed by atoms with Gasteiger partial charge in [0.05, 0.1) is 5.56 Å². The van der Waals surface area contributed by atoms with E-state index in [0.29, 0.717) is 0 Å². The molecule has 0 fully saturated rings. The lowest BCUT2D eigenvalue weighted by Crippen LogP contribution is -1.81. The number of hydrogen-bond donors (Lipinski definition) is 1. The molecule has 0 saturated heterocycles. The Balaban J connectivity index is 3.02. The fourth-order valence-electron chi connectivity index (χ4n) is 0.801. The summed E-state index contributed by atoms with van der Waals surface area (Å²) in [5.41, 5.74) is 1.79. The summed E-state index contributed by atoms with van der Waals surface area (Å²) in [6.45, 7) is 2.02. The normalized spacial score (nSPS) is 8.89. The molecular weight excluding hydrogens is 112 g/mol. The number of hydrogen-bond acceptors (Lipinski definition) is 1. The fourth-order valence-corrected chi connectivity index (χ4v) is 0.801. The summed E-state index contributed by atoms with van der Waals surface area (Å²) in [6.07, 6.45) is 2.69. The van der Waals surface area contributed by atoms with Crippen LogP contribution in [0.25, 0.3) is 0 Å². The van der Waals surface area contributed by atoms with E-state index in [1.165, 1.54) is 0 Å². The largest absolute Gasteiger partial charge is 0.364 e. The van der Waals surface area contributed by atoms with Gasteiger partial charge < -0.3 is 4.98 Å². The maximum atomic E-state index is 8.47. The lowest BCUT2D eigenvalue weighted by molar-refractivity contribution is 1.06. The summed E-state index contributed by atoms with van der Waals surface area (Å²) in [5, 5.41) is 8.47. The number of H-pyrrole nitrogens is 1. The van der Waals surface area contributed by atoms with Gasteiger partial charge in [-0.25, -0.2) is 0 Å². The van der Waals surface area contributed by atoms with Crippen molar-refractivity contribution >= 4 is 0 Å². The molecule has 1 heterocycles. The highest BCUT2D eigenvalue weighted by molar-refractivity contribution is 5.32. The monoisotopic (exact) mass is 120 g/mol. The number of nitrogens with zero attached hydrogens (tertiary/aromatic N) is 1. The molecular formula is C7H8N2. The Morgan fingerprint density at radius 3 is 3.00 bits per heavy atom. The van der Waals surface area contributed by atoms with Crippen LogP contribution in [-0.2, 0) is 6.42 Å². The van der Waals surface area contributed by atoms with E-state index in [1.807, 2.05) is 6.92 Å². The summed E-state index contributed by atoms with van der Waals surface area (Å²) in [5.74, 6) is 0. The number of aryl methyl sites for hydroxylation is 1. The van der Waals surface area contributed by atoms with Crippen LogP contribution in [0.15, 0.2) is 12.3 Å². The summed E-state index contributed by atoms with van der Waals surface area (Å²) in [6, 6.07) is 3.89. The molecule has 9 heavy (non-hydrogen) atoms. The Bertz CT molecular complexity index is 229. The third kappa shape index (κ3) is 0.945. The average molecular weight is 120 g/mol. The molecule has 2 nitrogen and oxygen atoms in total. The van der Waals surface area contributed by atoms with Crippen molar-refractivity contribution in [1.29, 1.82) is 5.26 Å². The summed E-state index contributed by atoms with van der Waals surface area (Å²) < 4.78 is 0. The molecule has 2 heteroatoms. The van der Waals surface area contributed by atoms with E-state index in [1.54, 1.807) is 12.3 Å². The van der Waals surface area contributed by atoms with E-state index in [-0.39, 0.29) is 0 Å². The van der Waals surface area contributed by atoms with Gasteiger partial charge in [-0.15, -0.1) is 0 Å². The van der Waals surface area contributed by atoms with Gasteiger partial charge in [0.1, 0.15) is 6.07 Å². The van der Waals surface area contributed by atoms with Crippen LogP contribution >= 0.6 is 0 Å². The van der Waals surface area contributed by atoms with E-state index in [9.17, 15) is 0 Å². The van der Waals surface area contributed by atoms with Crippen molar-refractivity contribution in [3.63, 3.8) is 0 Å². The Hall–Kier alpha value is -1.23. The minimum atomic E-state index is 0.762. The van der Waals surface area contributed by atoms with Crippen LogP contribution in [0.3, 0.4) is 0 Å². The zero-order valence-corrected chi connectivity index (χ0v) is 5.31. The van der Waals surface area contributed by atoms with Gasteiger partial charge in [-0.05, 0) is 12.5 Å². The first-order valence-electron chi connectivity index (χ1n) is 2.94. The number of rotatable bonds is 1. The van der Waals surface area contributed by atoms with Crippen molar-refractivity contribution in [3.8, 4) is 6.07 Å². The van der Waals surface area contributed by atoms with Gasteiger partial charge in [0.2, 0.25) is 0 Å². The zero-order valence-electron chi connectivity index (χ0n) is 5.31. The molecule has 1 aromatic rings. The van der Waals surface area contributed by atoms with E-state index in [4.69, 9.17) is 5.26 Å². The molecule has 0 radical (unpaired) electrons. The lowest BCUT2D eigenvalue weighted by atomic mass is 10.2. The van der Waals surface area contributed by atoms with Crippen molar-refractivity contribution in [3.05, 3.63) is 23.5 Å². The molecule has 1 rings (SSSR count). The Labute approximate surface area is 54.1 Å². The number of nitriles is 1. The van der Waals surface area contributed by atoms with Gasteiger partial charge in [0.15, 0.2) is 0 Å². The molecule has 1 N–H and O–H groups in total. The Morgan fingerprint density at radius 2 is 2.56 bits per heavy atom. The molecule has 0 amide bonds. The quantitative estimate of drug-likeness (QED) is 0.598. The molecule has 0 aliphatic heterocycles. The highest BCUT2D eigenvalue weighted by atomic mass is 14.7. The molecule has 0 spiro atoms. The lowest BCUT2D eigenvalue weighted by Gasteiger charge is -1.86. The molecule has 46 valence electrons. The van der Waals surface area contributed by atoms with Crippen molar-refractivity contribution in [2.24, 2.45) is 0 Å². The van der Waals surface area contributed by atoms with Crippen molar-refractivity contribution in [2.45, 2.75) is 13.3 Å². The first-order chi connectivity index (χ1) is 4.38. The van der Waals surface area contributed by atoms with Crippen LogP contribution in [0, 0.1) is 11.3 Å². The Morgan fingerprint density at radius 1 is 1.78 bits per heavy atom. The highest BCUT2D eigenvalue weighted by Crippen LogP contribution is 2.03. The van der Waals surface area contributed by atoms with Gasteiger partial charge in [0.25, 0.3) is 0 Å². The van der Waals surface area contributed by atoms with Crippen LogP contribution < -0.4 is 0 Å². The first kappa shape index (κ1) is 5.90. The Kier molecular flexibility index (Phi) is 1.55. The van der Waals surface area contributed by atoms with E-state index in [0.717, 1.165) is 17.7 Å². The van der Waals surface area contributed by atoms with Crippen molar-refractivity contribution in [2.75, 3.05) is 0 Å². The minimum absolute atomic E-state index is 0.762. The third-order valence-electron chi connectivity index (χ3n) is 1.31. The van der Waals surface area contributed by atoms with E-state index in [2.05, 4.69) is 11.1 Å². The van der Waals surface area contributed by atoms with Crippen molar-refractivity contribution in [1.82, 2.24) is 4.98 Å². The second-order valence-electron chi connectivity index (χ2n) is 1.84. The molecule has 0 bridgehead atoms. The first-order valence-corrected chi connectivity index (χ1v) is 2.94. The second kappa shape index (κ2) is 2.36. The van der Waals surface area contributed by atoms with Crippen molar-refractivity contribution < 1.29 is 0 Å². The average Bonchev–Trinajstić information content (AvgIpc) is 2.33. The zero-order chi connectivity index (χ0) is 6.69. The van der Waals surface area contributed by atoms with Gasteiger partial charge in [-0.2, -0.15) is 5.26 Å². The highest BCUT2D eigenvalue weighted by Gasteiger charge is 1.96. The predicted octanol–water partition coefficient (Wildman–Crippen LogP) is 1.45. The maximum absolute atomic E-state index is 8.47. The van der Waals surface area contributed by atoms with Gasteiger partial charge in [-0.1, -0.05) is 6.92 Å². The topological polar surface area (TPSA) is 39.6 Å². The minimum Gasteiger partial charge on any atom is -0.364 e. The van der Waals surface area contributed by atoms with Crippen LogP contribution in [0.5, 0.6) is 0 Å². The molecule has 0 unspecified atom stereocenters. The molecule has 0 aliphatic rings. The SMILES string of the molecule is CCc1[nH]ccc1C#N. The molecule has 1 aromatic heterocycles. The second-order valence-corrected chi connectivity index (χ2v) is 1.84. The number of aromatic amines is 1. The van der Waals surface area contributed by atoms with Gasteiger partial charge in [0, 0.05) is 11.9 Å².